The van der Waals surface area contributed by atoms with E-state index in [9.17, 15) is 19.2 Å². The van der Waals surface area contributed by atoms with Crippen molar-refractivity contribution in [2.75, 3.05) is 0 Å². The summed E-state index contributed by atoms with van der Waals surface area (Å²) in [6.45, 7) is 0. The van der Waals surface area contributed by atoms with E-state index in [1.807, 2.05) is 0 Å². The van der Waals surface area contributed by atoms with Gasteiger partial charge in [-0.1, -0.05) is 18.2 Å². The number of carbonyl (C=O) groups is 4. The normalized spacial score (nSPS) is 20.4. The average Bonchev–Trinajstić information content (AvgIpc) is 2.29. The van der Waals surface area contributed by atoms with Crippen LogP contribution in [-0.2, 0) is 19.2 Å². The van der Waals surface area contributed by atoms with E-state index in [0.717, 1.165) is 0 Å². The second kappa shape index (κ2) is 4.87. The molecule has 2 aliphatic carbocycles. The summed E-state index contributed by atoms with van der Waals surface area (Å²) in [7, 11) is 0. The van der Waals surface area contributed by atoms with Gasteiger partial charge in [-0.25, -0.2) is 0 Å². The first-order valence-corrected chi connectivity index (χ1v) is 5.46. The third kappa shape index (κ3) is 2.85. The first-order valence-electron chi connectivity index (χ1n) is 5.46. The van der Waals surface area contributed by atoms with Gasteiger partial charge < -0.3 is 0 Å². The highest BCUT2D eigenvalue weighted by molar-refractivity contribution is 6.46. The molecule has 0 aromatic carbocycles. The Labute approximate surface area is 103 Å². The van der Waals surface area contributed by atoms with Crippen LogP contribution in [0.2, 0.25) is 0 Å². The summed E-state index contributed by atoms with van der Waals surface area (Å²) in [5.74, 6) is -1.43. The maximum absolute atomic E-state index is 11.2. The third-order valence-electron chi connectivity index (χ3n) is 2.58. The van der Waals surface area contributed by atoms with Crippen molar-refractivity contribution in [2.45, 2.75) is 12.8 Å². The van der Waals surface area contributed by atoms with Crippen LogP contribution in [0.15, 0.2) is 47.6 Å². The Morgan fingerprint density at radius 1 is 0.833 bits per heavy atom. The fourth-order valence-electron chi connectivity index (χ4n) is 1.73. The lowest BCUT2D eigenvalue weighted by molar-refractivity contribution is -0.131. The summed E-state index contributed by atoms with van der Waals surface area (Å²) in [4.78, 5) is 44.4. The number of carbonyl (C=O) groups excluding carboxylic acids is 4. The summed E-state index contributed by atoms with van der Waals surface area (Å²) in [6.07, 6.45) is 8.80. The molecule has 0 bridgehead atoms. The second-order valence-electron chi connectivity index (χ2n) is 4.12. The lowest BCUT2D eigenvalue weighted by Crippen LogP contribution is -2.12. The van der Waals surface area contributed by atoms with Gasteiger partial charge in [-0.15, -0.1) is 0 Å². The van der Waals surface area contributed by atoms with E-state index < -0.39 is 11.6 Å². The smallest absolute Gasteiger partial charge is 0.226 e. The van der Waals surface area contributed by atoms with Gasteiger partial charge in [0.15, 0.2) is 5.78 Å². The van der Waals surface area contributed by atoms with Crippen LogP contribution < -0.4 is 0 Å². The topological polar surface area (TPSA) is 68.3 Å². The number of hydrogen-bond acceptors (Lipinski definition) is 4. The molecule has 4 nitrogen and oxygen atoms in total. The zero-order chi connectivity index (χ0) is 13.1. The summed E-state index contributed by atoms with van der Waals surface area (Å²) in [5, 5.41) is 0. The molecule has 2 rings (SSSR count). The highest BCUT2D eigenvalue weighted by Gasteiger charge is 2.16. The Morgan fingerprint density at radius 3 is 2.28 bits per heavy atom. The molecule has 90 valence electrons. The number of hydrogen-bond donors (Lipinski definition) is 0. The average molecular weight is 242 g/mol. The Hall–Kier alpha value is -2.36. The quantitative estimate of drug-likeness (QED) is 0.412. The Morgan fingerprint density at radius 2 is 1.61 bits per heavy atom. The van der Waals surface area contributed by atoms with Gasteiger partial charge in [0.25, 0.3) is 0 Å². The minimum Gasteiger partial charge on any atom is -0.299 e. The monoisotopic (exact) mass is 242 g/mol. The molecule has 0 heterocycles. The zero-order valence-electron chi connectivity index (χ0n) is 9.51. The highest BCUT2D eigenvalue weighted by Crippen LogP contribution is 2.15. The van der Waals surface area contributed by atoms with E-state index in [0.29, 0.717) is 11.1 Å². The van der Waals surface area contributed by atoms with Crippen LogP contribution in [0.25, 0.3) is 0 Å². The standard InChI is InChI=1S/C14H10O4/c15-11-5-10(6-12(16)8-11)2-1-9-3-4-13(17)14(18)7-9/h1-5,7H,6,8H2. The maximum Gasteiger partial charge on any atom is 0.226 e. The van der Waals surface area contributed by atoms with Crippen LogP contribution in [-0.4, -0.2) is 23.1 Å². The van der Waals surface area contributed by atoms with Crippen LogP contribution in [0.5, 0.6) is 0 Å². The van der Waals surface area contributed by atoms with Crippen molar-refractivity contribution in [1.29, 1.82) is 0 Å². The molecule has 0 aromatic heterocycles. The van der Waals surface area contributed by atoms with Gasteiger partial charge in [0.1, 0.15) is 5.78 Å². The predicted molar refractivity (Wildman–Crippen MR) is 63.7 cm³/mol. The van der Waals surface area contributed by atoms with Crippen molar-refractivity contribution in [3.05, 3.63) is 47.6 Å². The lowest BCUT2D eigenvalue weighted by atomic mass is 9.96. The molecule has 0 spiro atoms. The predicted octanol–water partition coefficient (Wildman–Crippen LogP) is 1.04. The van der Waals surface area contributed by atoms with E-state index in [2.05, 4.69) is 0 Å². The molecule has 18 heavy (non-hydrogen) atoms. The van der Waals surface area contributed by atoms with Crippen LogP contribution in [0, 0.1) is 0 Å². The summed E-state index contributed by atoms with van der Waals surface area (Å²) in [6, 6.07) is 0. The van der Waals surface area contributed by atoms with E-state index in [4.69, 9.17) is 0 Å². The van der Waals surface area contributed by atoms with Crippen molar-refractivity contribution in [1.82, 2.24) is 0 Å². The molecule has 0 atom stereocenters. The molecule has 0 amide bonds. The number of Topliss-reactive ketones (excluding diaryl/α,β-unsaturated/α-hetero) is 1. The second-order valence-corrected chi connectivity index (χ2v) is 4.12. The molecule has 0 saturated heterocycles. The molecule has 2 aliphatic rings. The fraction of sp³-hybridized carbons (Fsp3) is 0.143. The molecule has 0 saturated carbocycles. The third-order valence-corrected chi connectivity index (χ3v) is 2.58. The molecular formula is C14H10O4. The molecule has 0 unspecified atom stereocenters. The van der Waals surface area contributed by atoms with Crippen molar-refractivity contribution in [3.63, 3.8) is 0 Å². The minimum absolute atomic E-state index is 0.0348. The molecule has 0 radical (unpaired) electrons. The van der Waals surface area contributed by atoms with E-state index in [1.165, 1.54) is 24.3 Å². The first-order chi connectivity index (χ1) is 8.54. The van der Waals surface area contributed by atoms with Gasteiger partial charge >= 0.3 is 0 Å². The van der Waals surface area contributed by atoms with Gasteiger partial charge in [-0.2, -0.15) is 0 Å². The Balaban J connectivity index is 2.13. The van der Waals surface area contributed by atoms with E-state index >= 15 is 0 Å². The molecule has 4 heteroatoms. The SMILES string of the molecule is O=C1C=C(C=CC2=CC(=O)C(=O)C=C2)CC(=O)C1. The summed E-state index contributed by atoms with van der Waals surface area (Å²) >= 11 is 0. The van der Waals surface area contributed by atoms with Gasteiger partial charge in [0.2, 0.25) is 11.6 Å². The van der Waals surface area contributed by atoms with Gasteiger partial charge in [-0.05, 0) is 29.4 Å². The van der Waals surface area contributed by atoms with Gasteiger partial charge in [0.05, 0.1) is 6.42 Å². The van der Waals surface area contributed by atoms with Crippen LogP contribution >= 0.6 is 0 Å². The van der Waals surface area contributed by atoms with Crippen LogP contribution in [0.1, 0.15) is 12.8 Å². The largest absolute Gasteiger partial charge is 0.299 e. The highest BCUT2D eigenvalue weighted by atomic mass is 16.2. The maximum atomic E-state index is 11.2. The Kier molecular flexibility index (Phi) is 3.28. The van der Waals surface area contributed by atoms with Gasteiger partial charge in [0, 0.05) is 6.42 Å². The van der Waals surface area contributed by atoms with Crippen molar-refractivity contribution in [3.8, 4) is 0 Å². The molecule has 0 aromatic rings. The fourth-order valence-corrected chi connectivity index (χ4v) is 1.73. The first kappa shape index (κ1) is 12.1. The molecule has 0 aliphatic heterocycles. The summed E-state index contributed by atoms with van der Waals surface area (Å²) < 4.78 is 0. The summed E-state index contributed by atoms with van der Waals surface area (Å²) in [5.41, 5.74) is 1.20. The van der Waals surface area contributed by atoms with Gasteiger partial charge in [-0.3, -0.25) is 19.2 Å². The number of ketones is 4. The minimum atomic E-state index is -0.568. The van der Waals surface area contributed by atoms with Crippen molar-refractivity contribution in [2.24, 2.45) is 0 Å². The van der Waals surface area contributed by atoms with Crippen molar-refractivity contribution < 1.29 is 19.2 Å². The Bertz CT molecular complexity index is 571. The molecular weight excluding hydrogens is 232 g/mol. The lowest BCUT2D eigenvalue weighted by Gasteiger charge is -2.07. The van der Waals surface area contributed by atoms with E-state index in [-0.39, 0.29) is 24.4 Å². The molecule has 0 N–H and O–H groups in total. The van der Waals surface area contributed by atoms with Crippen molar-refractivity contribution >= 4 is 23.1 Å². The zero-order valence-corrected chi connectivity index (χ0v) is 9.51. The van der Waals surface area contributed by atoms with Crippen LogP contribution in [0.3, 0.4) is 0 Å². The van der Waals surface area contributed by atoms with Crippen LogP contribution in [0.4, 0.5) is 0 Å². The number of rotatable bonds is 2. The number of allylic oxidation sites excluding steroid dienone is 8. The molecule has 0 fully saturated rings. The van der Waals surface area contributed by atoms with E-state index in [1.54, 1.807) is 12.2 Å².